The van der Waals surface area contributed by atoms with Gasteiger partial charge in [-0.3, -0.25) is 0 Å². The molecule has 1 aliphatic heterocycles. The molecule has 2 atom stereocenters. The number of hydrogen-bond acceptors (Lipinski definition) is 2. The summed E-state index contributed by atoms with van der Waals surface area (Å²) in [6.07, 6.45) is -0.302. The van der Waals surface area contributed by atoms with Crippen LogP contribution in [-0.2, 0) is 8.85 Å². The summed E-state index contributed by atoms with van der Waals surface area (Å²) in [5, 5.41) is 4.99. The zero-order valence-electron chi connectivity index (χ0n) is 20.9. The Labute approximate surface area is 221 Å². The summed E-state index contributed by atoms with van der Waals surface area (Å²) in [7, 11) is -6.08. The van der Waals surface area contributed by atoms with E-state index in [2.05, 4.69) is 159 Å². The van der Waals surface area contributed by atoms with E-state index >= 15 is 0 Å². The van der Waals surface area contributed by atoms with Gasteiger partial charge in [0.1, 0.15) is 0 Å². The smallest absolute Gasteiger partial charge is 0.283 e. The molecule has 4 heteroatoms. The van der Waals surface area contributed by atoms with Gasteiger partial charge in [0.25, 0.3) is 15.7 Å². The van der Waals surface area contributed by atoms with Crippen LogP contribution < -0.4 is 20.7 Å². The molecule has 1 saturated heterocycles. The van der Waals surface area contributed by atoms with Gasteiger partial charge in [-0.15, -0.1) is 0 Å². The van der Waals surface area contributed by atoms with Gasteiger partial charge in [-0.1, -0.05) is 152 Å². The summed E-state index contributed by atoms with van der Waals surface area (Å²) < 4.78 is 15.4. The Balaban J connectivity index is 1.74. The molecule has 0 radical (unpaired) electrons. The molecular formula is C33H30O2Si2. The molecule has 0 amide bonds. The second-order valence-electron chi connectivity index (χ2n) is 9.60. The average molecular weight is 515 g/mol. The van der Waals surface area contributed by atoms with Gasteiger partial charge in [-0.05, 0) is 33.2 Å². The Hall–Kier alpha value is -3.55. The van der Waals surface area contributed by atoms with Crippen LogP contribution in [0.2, 0.25) is 0 Å². The van der Waals surface area contributed by atoms with Crippen LogP contribution in [0.3, 0.4) is 0 Å². The van der Waals surface area contributed by atoms with E-state index in [9.17, 15) is 0 Å². The molecule has 5 aromatic rings. The molecule has 37 heavy (non-hydrogen) atoms. The lowest BCUT2D eigenvalue weighted by Crippen LogP contribution is -2.90. The lowest BCUT2D eigenvalue weighted by Gasteiger charge is -2.54. The minimum Gasteiger partial charge on any atom is -0.402 e. The van der Waals surface area contributed by atoms with Crippen molar-refractivity contribution in [2.75, 3.05) is 0 Å². The van der Waals surface area contributed by atoms with Gasteiger partial charge in [0.2, 0.25) is 0 Å². The lowest BCUT2D eigenvalue weighted by molar-refractivity contribution is 0.0426. The maximum Gasteiger partial charge on any atom is 0.283 e. The molecule has 182 valence electrons. The van der Waals surface area contributed by atoms with E-state index in [0.29, 0.717) is 0 Å². The van der Waals surface area contributed by atoms with Gasteiger partial charge in [0, 0.05) is 0 Å². The van der Waals surface area contributed by atoms with Gasteiger partial charge in [0.05, 0.1) is 12.2 Å². The quantitative estimate of drug-likeness (QED) is 0.315. The Bertz CT molecular complexity index is 1350. The molecule has 0 spiro atoms. The maximum atomic E-state index is 7.74. The van der Waals surface area contributed by atoms with Crippen molar-refractivity contribution in [1.82, 2.24) is 0 Å². The largest absolute Gasteiger partial charge is 0.402 e. The van der Waals surface area contributed by atoms with Crippen molar-refractivity contribution in [3.63, 3.8) is 0 Å². The first-order chi connectivity index (χ1) is 18.3. The van der Waals surface area contributed by atoms with Crippen LogP contribution in [0.15, 0.2) is 152 Å². The van der Waals surface area contributed by atoms with Crippen LogP contribution >= 0.6 is 0 Å². The Morgan fingerprint density at radius 3 is 1.05 bits per heavy atom. The van der Waals surface area contributed by atoms with Gasteiger partial charge in [-0.2, -0.15) is 0 Å². The Morgan fingerprint density at radius 1 is 0.405 bits per heavy atom. The fraction of sp³-hybridized carbons (Fsp3) is 0.0909. The van der Waals surface area contributed by atoms with E-state index in [1.807, 2.05) is 0 Å². The molecule has 1 fully saturated rings. The third-order valence-electron chi connectivity index (χ3n) is 7.44. The molecule has 6 rings (SSSR count). The van der Waals surface area contributed by atoms with Crippen molar-refractivity contribution in [3.8, 4) is 0 Å². The third-order valence-corrected chi connectivity index (χ3v) is 21.5. The second-order valence-corrected chi connectivity index (χ2v) is 19.3. The van der Waals surface area contributed by atoms with E-state index in [1.165, 1.54) is 20.7 Å². The van der Waals surface area contributed by atoms with Crippen molar-refractivity contribution in [2.45, 2.75) is 19.1 Å². The number of benzene rings is 5. The highest BCUT2D eigenvalue weighted by atomic mass is 29.3. The third kappa shape index (κ3) is 3.94. The van der Waals surface area contributed by atoms with Crippen LogP contribution in [0, 0.1) is 0 Å². The fourth-order valence-corrected chi connectivity index (χ4v) is 21.9. The molecule has 1 heterocycles. The molecule has 0 unspecified atom stereocenters. The highest BCUT2D eigenvalue weighted by molar-refractivity contribution is 7.55. The van der Waals surface area contributed by atoms with E-state index in [1.54, 1.807) is 0 Å². The summed E-state index contributed by atoms with van der Waals surface area (Å²) in [5.74, 6) is 0. The average Bonchev–Trinajstić information content (AvgIpc) is 2.99. The zero-order chi connectivity index (χ0) is 25.1. The molecule has 0 aliphatic carbocycles. The maximum absolute atomic E-state index is 7.74. The van der Waals surface area contributed by atoms with Crippen LogP contribution in [0.4, 0.5) is 0 Å². The minimum atomic E-state index is -3.07. The predicted molar refractivity (Wildman–Crippen MR) is 157 cm³/mol. The summed E-state index contributed by atoms with van der Waals surface area (Å²) >= 11 is 0. The van der Waals surface area contributed by atoms with Gasteiger partial charge < -0.3 is 8.85 Å². The first-order valence-corrected chi connectivity index (χ1v) is 17.7. The van der Waals surface area contributed by atoms with Gasteiger partial charge in [-0.25, -0.2) is 0 Å². The zero-order valence-corrected chi connectivity index (χ0v) is 22.9. The van der Waals surface area contributed by atoms with E-state index in [-0.39, 0.29) is 12.2 Å². The van der Waals surface area contributed by atoms with Crippen molar-refractivity contribution in [2.24, 2.45) is 0 Å². The van der Waals surface area contributed by atoms with Crippen molar-refractivity contribution in [3.05, 3.63) is 157 Å². The summed E-state index contributed by atoms with van der Waals surface area (Å²) in [6.45, 7) is 2.18. The Kier molecular flexibility index (Phi) is 6.49. The monoisotopic (exact) mass is 514 g/mol. The molecule has 0 bridgehead atoms. The standard InChI is InChI=1S/C33H30O2Si2/c1-27-33(28-17-7-2-8-18-28)35-37(31-23-13-5-14-24-31,32-25-15-6-16-26-32)36(34-27,29-19-9-3-10-20-29)30-21-11-4-12-22-30/h2-27,33H,1H3/t27-,33-/m1/s1. The lowest BCUT2D eigenvalue weighted by atomic mass is 10.1. The number of rotatable bonds is 5. The number of hydrogen-bond donors (Lipinski definition) is 0. The van der Waals surface area contributed by atoms with Crippen molar-refractivity contribution in [1.29, 1.82) is 0 Å². The van der Waals surface area contributed by atoms with Crippen LogP contribution in [0.5, 0.6) is 0 Å². The minimum absolute atomic E-state index is 0.123. The van der Waals surface area contributed by atoms with E-state index in [4.69, 9.17) is 8.85 Å². The molecule has 0 N–H and O–H groups in total. The first kappa shape index (κ1) is 23.8. The van der Waals surface area contributed by atoms with Gasteiger partial charge >= 0.3 is 0 Å². The van der Waals surface area contributed by atoms with Crippen LogP contribution in [0.1, 0.15) is 18.6 Å². The summed E-state index contributed by atoms with van der Waals surface area (Å²) in [6, 6.07) is 54.1. The van der Waals surface area contributed by atoms with Crippen molar-refractivity contribution >= 4 is 36.4 Å². The molecular weight excluding hydrogens is 485 g/mol. The molecule has 0 saturated carbocycles. The molecule has 0 aromatic heterocycles. The molecule has 2 nitrogen and oxygen atoms in total. The topological polar surface area (TPSA) is 18.5 Å². The fourth-order valence-electron chi connectivity index (χ4n) is 5.88. The second kappa shape index (κ2) is 10.1. The SMILES string of the molecule is C[C@H]1O[Si](c2ccccc2)(c2ccccc2)[Si](c2ccccc2)(c2ccccc2)O[C@H]1c1ccccc1. The highest BCUT2D eigenvalue weighted by Gasteiger charge is 2.68. The van der Waals surface area contributed by atoms with Crippen molar-refractivity contribution < 1.29 is 8.85 Å². The summed E-state index contributed by atoms with van der Waals surface area (Å²) in [5.41, 5.74) is 1.16. The van der Waals surface area contributed by atoms with Crippen LogP contribution in [-0.4, -0.2) is 21.8 Å². The highest BCUT2D eigenvalue weighted by Crippen LogP contribution is 2.38. The first-order valence-electron chi connectivity index (χ1n) is 12.9. The predicted octanol–water partition coefficient (Wildman–Crippen LogP) is 4.76. The van der Waals surface area contributed by atoms with Crippen LogP contribution in [0.25, 0.3) is 0 Å². The van der Waals surface area contributed by atoms with E-state index in [0.717, 1.165) is 5.56 Å². The Morgan fingerprint density at radius 2 is 0.703 bits per heavy atom. The molecule has 5 aromatic carbocycles. The van der Waals surface area contributed by atoms with E-state index < -0.39 is 15.7 Å². The molecule has 1 aliphatic rings. The normalized spacial score (nSPS) is 20.2. The van der Waals surface area contributed by atoms with Gasteiger partial charge in [0.15, 0.2) is 0 Å². The summed E-state index contributed by atoms with van der Waals surface area (Å²) in [4.78, 5) is 0.